The normalized spacial score (nSPS) is 16.7. The second-order valence-electron chi connectivity index (χ2n) is 6.22. The zero-order valence-electron chi connectivity index (χ0n) is 14.4. The van der Waals surface area contributed by atoms with Gasteiger partial charge in [-0.1, -0.05) is 24.2 Å². The van der Waals surface area contributed by atoms with Crippen LogP contribution in [0.5, 0.6) is 5.75 Å². The number of carbonyl (C=O) groups excluding carboxylic acids is 1. The van der Waals surface area contributed by atoms with Crippen molar-refractivity contribution >= 4 is 5.91 Å². The van der Waals surface area contributed by atoms with E-state index in [1.165, 1.54) is 12.1 Å². The maximum absolute atomic E-state index is 13.8. The number of likely N-dealkylation sites (tertiary alicyclic amines) is 1. The van der Waals surface area contributed by atoms with Crippen molar-refractivity contribution < 1.29 is 18.4 Å². The summed E-state index contributed by atoms with van der Waals surface area (Å²) in [6.45, 7) is 4.84. The molecule has 0 unspecified atom stereocenters. The number of nitrogens with zero attached hydrogens (tertiary/aromatic N) is 3. The first kappa shape index (κ1) is 17.4. The molecule has 7 heteroatoms. The first-order valence-electron chi connectivity index (χ1n) is 8.58. The second-order valence-corrected chi connectivity index (χ2v) is 6.22. The molecule has 0 spiro atoms. The molecular formula is C18H22FN3O3. The van der Waals surface area contributed by atoms with Gasteiger partial charge in [0.2, 0.25) is 5.89 Å². The fraction of sp³-hybridized carbons (Fsp3) is 0.500. The molecule has 1 atom stereocenters. The van der Waals surface area contributed by atoms with Crippen LogP contribution in [0.2, 0.25) is 0 Å². The van der Waals surface area contributed by atoms with Gasteiger partial charge < -0.3 is 14.2 Å². The third-order valence-electron chi connectivity index (χ3n) is 4.47. The summed E-state index contributed by atoms with van der Waals surface area (Å²) >= 11 is 0. The molecule has 1 aliphatic heterocycles. The number of hydrogen-bond acceptors (Lipinski definition) is 5. The van der Waals surface area contributed by atoms with Gasteiger partial charge in [-0.2, -0.15) is 4.98 Å². The largest absolute Gasteiger partial charge is 0.478 e. The summed E-state index contributed by atoms with van der Waals surface area (Å²) < 4.78 is 24.4. The molecule has 1 fully saturated rings. The van der Waals surface area contributed by atoms with Gasteiger partial charge in [0.15, 0.2) is 23.5 Å². The number of aryl methyl sites for hydroxylation is 1. The van der Waals surface area contributed by atoms with E-state index in [4.69, 9.17) is 9.26 Å². The lowest BCUT2D eigenvalue weighted by Gasteiger charge is -2.33. The molecule has 25 heavy (non-hydrogen) atoms. The first-order chi connectivity index (χ1) is 12.1. The van der Waals surface area contributed by atoms with Crippen molar-refractivity contribution in [2.24, 2.45) is 0 Å². The molecule has 2 heterocycles. The lowest BCUT2D eigenvalue weighted by Crippen LogP contribution is -2.45. The smallest absolute Gasteiger partial charge is 0.263 e. The molecule has 1 aromatic heterocycles. The third kappa shape index (κ3) is 3.97. The van der Waals surface area contributed by atoms with E-state index in [2.05, 4.69) is 10.1 Å². The van der Waals surface area contributed by atoms with Gasteiger partial charge in [-0.3, -0.25) is 4.79 Å². The van der Waals surface area contributed by atoms with Crippen molar-refractivity contribution in [3.63, 3.8) is 0 Å². The van der Waals surface area contributed by atoms with Gasteiger partial charge in [0.05, 0.1) is 0 Å². The third-order valence-corrected chi connectivity index (χ3v) is 4.47. The van der Waals surface area contributed by atoms with Crippen LogP contribution in [-0.2, 0) is 4.79 Å². The lowest BCUT2D eigenvalue weighted by molar-refractivity contribution is -0.140. The molecule has 0 radical (unpaired) electrons. The number of rotatable bonds is 5. The van der Waals surface area contributed by atoms with Gasteiger partial charge in [0, 0.05) is 25.9 Å². The van der Waals surface area contributed by atoms with Gasteiger partial charge in [-0.15, -0.1) is 0 Å². The molecule has 1 amide bonds. The summed E-state index contributed by atoms with van der Waals surface area (Å²) in [5, 5.41) is 3.97. The molecule has 0 aliphatic carbocycles. The zero-order chi connectivity index (χ0) is 17.8. The van der Waals surface area contributed by atoms with Crippen LogP contribution in [0, 0.1) is 12.7 Å². The van der Waals surface area contributed by atoms with Crippen LogP contribution in [0.25, 0.3) is 0 Å². The number of amides is 1. The Morgan fingerprint density at radius 3 is 2.72 bits per heavy atom. The van der Waals surface area contributed by atoms with Crippen LogP contribution < -0.4 is 4.74 Å². The van der Waals surface area contributed by atoms with Crippen LogP contribution in [0.15, 0.2) is 28.8 Å². The summed E-state index contributed by atoms with van der Waals surface area (Å²) in [6.07, 6.45) is 1.36. The summed E-state index contributed by atoms with van der Waals surface area (Å²) in [5.41, 5.74) is 0. The Balaban J connectivity index is 1.59. The molecule has 6 nitrogen and oxygen atoms in total. The summed E-state index contributed by atoms with van der Waals surface area (Å²) in [6, 6.07) is 6.14. The van der Waals surface area contributed by atoms with E-state index in [-0.39, 0.29) is 17.6 Å². The standard InChI is InChI=1S/C18H22FN3O3/c1-3-15(24-16-7-5-4-6-14(16)19)18(23)22-10-8-13(9-11-22)17-20-12(2)25-21-17/h4-7,13,15H,3,8-11H2,1-2H3/t15-/m1/s1. The minimum Gasteiger partial charge on any atom is -0.478 e. The quantitative estimate of drug-likeness (QED) is 0.831. The van der Waals surface area contributed by atoms with E-state index in [9.17, 15) is 9.18 Å². The van der Waals surface area contributed by atoms with Crippen LogP contribution in [0.4, 0.5) is 4.39 Å². The van der Waals surface area contributed by atoms with Crippen molar-refractivity contribution in [3.8, 4) is 5.75 Å². The molecule has 0 saturated carbocycles. The lowest BCUT2D eigenvalue weighted by atomic mass is 9.95. The van der Waals surface area contributed by atoms with Crippen molar-refractivity contribution in [3.05, 3.63) is 41.8 Å². The minimum atomic E-state index is -0.680. The van der Waals surface area contributed by atoms with E-state index in [1.807, 2.05) is 6.92 Å². The molecule has 3 rings (SSSR count). The van der Waals surface area contributed by atoms with Crippen molar-refractivity contribution in [2.75, 3.05) is 13.1 Å². The Morgan fingerprint density at radius 2 is 2.12 bits per heavy atom. The van der Waals surface area contributed by atoms with Gasteiger partial charge in [0.25, 0.3) is 5.91 Å². The van der Waals surface area contributed by atoms with Crippen molar-refractivity contribution in [2.45, 2.75) is 45.1 Å². The first-order valence-corrected chi connectivity index (χ1v) is 8.58. The van der Waals surface area contributed by atoms with Gasteiger partial charge in [0.1, 0.15) is 0 Å². The molecule has 2 aromatic rings. The van der Waals surface area contributed by atoms with Crippen molar-refractivity contribution in [1.29, 1.82) is 0 Å². The molecule has 1 saturated heterocycles. The number of ether oxygens (including phenoxy) is 1. The summed E-state index contributed by atoms with van der Waals surface area (Å²) in [7, 11) is 0. The second kappa shape index (κ2) is 7.63. The molecule has 134 valence electrons. The maximum Gasteiger partial charge on any atom is 0.263 e. The Kier molecular flexibility index (Phi) is 5.31. The van der Waals surface area contributed by atoms with E-state index < -0.39 is 11.9 Å². The molecule has 1 aliphatic rings. The number of para-hydroxylation sites is 1. The number of halogens is 1. The average Bonchev–Trinajstić information content (AvgIpc) is 3.07. The van der Waals surface area contributed by atoms with Crippen LogP contribution in [0.3, 0.4) is 0 Å². The average molecular weight is 347 g/mol. The fourth-order valence-electron chi connectivity index (χ4n) is 3.04. The van der Waals surface area contributed by atoms with E-state index in [0.29, 0.717) is 31.2 Å². The highest BCUT2D eigenvalue weighted by molar-refractivity contribution is 5.81. The number of aromatic nitrogens is 2. The SMILES string of the molecule is CC[C@@H](Oc1ccccc1F)C(=O)N1CCC(c2noc(C)n2)CC1. The van der Waals surface area contributed by atoms with Crippen LogP contribution >= 0.6 is 0 Å². The molecule has 1 aromatic carbocycles. The van der Waals surface area contributed by atoms with Crippen LogP contribution in [0.1, 0.15) is 43.8 Å². The fourth-order valence-corrected chi connectivity index (χ4v) is 3.04. The highest BCUT2D eigenvalue weighted by atomic mass is 19.1. The van der Waals surface area contributed by atoms with E-state index in [1.54, 1.807) is 24.0 Å². The zero-order valence-corrected chi connectivity index (χ0v) is 14.4. The maximum atomic E-state index is 13.8. The topological polar surface area (TPSA) is 68.5 Å². The summed E-state index contributed by atoms with van der Waals surface area (Å²) in [4.78, 5) is 18.8. The molecular weight excluding hydrogens is 325 g/mol. The van der Waals surface area contributed by atoms with Gasteiger partial charge in [-0.25, -0.2) is 4.39 Å². The number of benzene rings is 1. The van der Waals surface area contributed by atoms with Gasteiger partial charge >= 0.3 is 0 Å². The summed E-state index contributed by atoms with van der Waals surface area (Å²) in [5.74, 6) is 1.01. The Hall–Kier alpha value is -2.44. The Labute approximate surface area is 146 Å². The van der Waals surface area contributed by atoms with E-state index in [0.717, 1.165) is 12.8 Å². The van der Waals surface area contributed by atoms with Gasteiger partial charge in [-0.05, 0) is 31.4 Å². The highest BCUT2D eigenvalue weighted by Gasteiger charge is 2.31. The predicted molar refractivity (Wildman–Crippen MR) is 88.7 cm³/mol. The van der Waals surface area contributed by atoms with E-state index >= 15 is 0 Å². The Bertz CT molecular complexity index is 726. The predicted octanol–water partition coefficient (Wildman–Crippen LogP) is 3.08. The molecule has 0 N–H and O–H groups in total. The number of hydrogen-bond donors (Lipinski definition) is 0. The number of piperidine rings is 1. The monoisotopic (exact) mass is 347 g/mol. The highest BCUT2D eigenvalue weighted by Crippen LogP contribution is 2.27. The van der Waals surface area contributed by atoms with Crippen molar-refractivity contribution in [1.82, 2.24) is 15.0 Å². The Morgan fingerprint density at radius 1 is 1.40 bits per heavy atom. The van der Waals surface area contributed by atoms with Crippen LogP contribution in [-0.4, -0.2) is 40.1 Å². The minimum absolute atomic E-state index is 0.103. The molecule has 0 bridgehead atoms. The number of carbonyl (C=O) groups is 1.